The summed E-state index contributed by atoms with van der Waals surface area (Å²) in [5.74, 6) is 0.389. The van der Waals surface area contributed by atoms with Crippen molar-refractivity contribution >= 4 is 0 Å². The smallest absolute Gasteiger partial charge is 0.304 e. The second-order valence-electron chi connectivity index (χ2n) is 7.00. The Balaban J connectivity index is 2.84. The van der Waals surface area contributed by atoms with E-state index in [9.17, 15) is 13.2 Å². The van der Waals surface area contributed by atoms with E-state index in [1.165, 1.54) is 0 Å². The van der Waals surface area contributed by atoms with Crippen LogP contribution >= 0.6 is 0 Å². The molecule has 19 heavy (non-hydrogen) atoms. The van der Waals surface area contributed by atoms with Crippen LogP contribution in [0.1, 0.15) is 66.2 Å². The van der Waals surface area contributed by atoms with Crippen LogP contribution in [0.15, 0.2) is 0 Å². The Morgan fingerprint density at radius 1 is 1.11 bits per heavy atom. The third-order valence-corrected chi connectivity index (χ3v) is 4.56. The Morgan fingerprint density at radius 2 is 1.74 bits per heavy atom. The maximum atomic E-state index is 13.5. The molecule has 0 radical (unpaired) electrons. The van der Waals surface area contributed by atoms with Crippen LogP contribution in [-0.4, -0.2) is 18.3 Å². The maximum Gasteiger partial charge on any atom is 0.406 e. The van der Waals surface area contributed by atoms with Gasteiger partial charge in [0, 0.05) is 0 Å². The molecular formula is C15H28F3N. The lowest BCUT2D eigenvalue weighted by molar-refractivity contribution is -0.201. The molecule has 114 valence electrons. The molecule has 0 amide bonds. The third kappa shape index (κ3) is 4.11. The molecule has 1 nitrogen and oxygen atoms in total. The van der Waals surface area contributed by atoms with Gasteiger partial charge in [0.25, 0.3) is 0 Å². The molecule has 1 N–H and O–H groups in total. The maximum absolute atomic E-state index is 13.5. The van der Waals surface area contributed by atoms with Crippen LogP contribution in [0.3, 0.4) is 0 Å². The quantitative estimate of drug-likeness (QED) is 0.723. The normalized spacial score (nSPS) is 30.2. The highest BCUT2D eigenvalue weighted by Crippen LogP contribution is 2.45. The van der Waals surface area contributed by atoms with Gasteiger partial charge in [-0.2, -0.15) is 13.2 Å². The fourth-order valence-electron chi connectivity index (χ4n) is 3.13. The van der Waals surface area contributed by atoms with Gasteiger partial charge in [-0.15, -0.1) is 0 Å². The molecule has 0 bridgehead atoms. The van der Waals surface area contributed by atoms with Crippen LogP contribution in [0, 0.1) is 11.3 Å². The molecule has 2 unspecified atom stereocenters. The van der Waals surface area contributed by atoms with Gasteiger partial charge in [0.1, 0.15) is 5.54 Å². The number of nitrogens with one attached hydrogen (secondary N) is 1. The highest BCUT2D eigenvalue weighted by atomic mass is 19.4. The van der Waals surface area contributed by atoms with E-state index >= 15 is 0 Å². The van der Waals surface area contributed by atoms with Gasteiger partial charge < -0.3 is 5.32 Å². The average molecular weight is 279 g/mol. The number of hydrogen-bond acceptors (Lipinski definition) is 1. The molecule has 0 aromatic carbocycles. The first kappa shape index (κ1) is 16.8. The van der Waals surface area contributed by atoms with Gasteiger partial charge in [0.05, 0.1) is 0 Å². The second-order valence-corrected chi connectivity index (χ2v) is 7.00. The molecule has 1 saturated carbocycles. The van der Waals surface area contributed by atoms with Gasteiger partial charge in [-0.3, -0.25) is 0 Å². The topological polar surface area (TPSA) is 12.0 Å². The zero-order valence-corrected chi connectivity index (χ0v) is 12.7. The van der Waals surface area contributed by atoms with E-state index in [0.29, 0.717) is 25.3 Å². The summed E-state index contributed by atoms with van der Waals surface area (Å²) in [6.07, 6.45) is -0.718. The lowest BCUT2D eigenvalue weighted by Gasteiger charge is -2.37. The Kier molecular flexibility index (Phi) is 5.33. The first-order valence-corrected chi connectivity index (χ1v) is 7.44. The van der Waals surface area contributed by atoms with Crippen LogP contribution in [0.25, 0.3) is 0 Å². The number of hydrogen-bond donors (Lipinski definition) is 1. The number of rotatable bonds is 3. The zero-order chi connectivity index (χ0) is 14.7. The SMILES string of the molecule is CCCNC1(C(F)(F)F)CCCC(C(C)(C)C)CC1. The third-order valence-electron chi connectivity index (χ3n) is 4.56. The van der Waals surface area contributed by atoms with Crippen molar-refractivity contribution in [2.45, 2.75) is 77.9 Å². The van der Waals surface area contributed by atoms with Crippen molar-refractivity contribution in [3.05, 3.63) is 0 Å². The molecular weight excluding hydrogens is 251 g/mol. The Morgan fingerprint density at radius 3 is 2.21 bits per heavy atom. The molecule has 0 spiro atoms. The van der Waals surface area contributed by atoms with E-state index in [4.69, 9.17) is 0 Å². The largest absolute Gasteiger partial charge is 0.406 e. The predicted octanol–water partition coefficient (Wildman–Crippen LogP) is 4.91. The zero-order valence-electron chi connectivity index (χ0n) is 12.7. The Labute approximate surface area is 115 Å². The molecule has 0 aromatic heterocycles. The van der Waals surface area contributed by atoms with Gasteiger partial charge in [-0.1, -0.05) is 34.1 Å². The minimum Gasteiger partial charge on any atom is -0.304 e. The monoisotopic (exact) mass is 279 g/mol. The minimum absolute atomic E-state index is 0.104. The first-order chi connectivity index (χ1) is 8.62. The minimum atomic E-state index is -4.14. The molecule has 4 heteroatoms. The van der Waals surface area contributed by atoms with E-state index in [1.54, 1.807) is 0 Å². The van der Waals surface area contributed by atoms with Crippen molar-refractivity contribution < 1.29 is 13.2 Å². The summed E-state index contributed by atoms with van der Waals surface area (Å²) in [6.45, 7) is 8.76. The molecule has 1 fully saturated rings. The van der Waals surface area contributed by atoms with Gasteiger partial charge in [-0.05, 0) is 50.0 Å². The van der Waals surface area contributed by atoms with Crippen LogP contribution in [0.4, 0.5) is 13.2 Å². The van der Waals surface area contributed by atoms with Crippen LogP contribution in [0.2, 0.25) is 0 Å². The van der Waals surface area contributed by atoms with Crippen molar-refractivity contribution in [2.75, 3.05) is 6.54 Å². The van der Waals surface area contributed by atoms with Crippen LogP contribution in [0.5, 0.6) is 0 Å². The summed E-state index contributed by atoms with van der Waals surface area (Å²) in [5, 5.41) is 2.81. The van der Waals surface area contributed by atoms with E-state index in [0.717, 1.165) is 12.8 Å². The molecule has 2 atom stereocenters. The molecule has 1 rings (SSSR count). The average Bonchev–Trinajstić information content (AvgIpc) is 2.48. The summed E-state index contributed by atoms with van der Waals surface area (Å²) < 4.78 is 40.4. The van der Waals surface area contributed by atoms with E-state index in [2.05, 4.69) is 26.1 Å². The van der Waals surface area contributed by atoms with Gasteiger partial charge >= 0.3 is 6.18 Å². The molecule has 1 aliphatic rings. The van der Waals surface area contributed by atoms with Gasteiger partial charge in [0.15, 0.2) is 0 Å². The highest BCUT2D eigenvalue weighted by Gasteiger charge is 2.54. The predicted molar refractivity (Wildman–Crippen MR) is 73.1 cm³/mol. The Bertz CT molecular complexity index is 280. The first-order valence-electron chi connectivity index (χ1n) is 7.44. The van der Waals surface area contributed by atoms with E-state index in [-0.39, 0.29) is 18.3 Å². The van der Waals surface area contributed by atoms with Gasteiger partial charge in [-0.25, -0.2) is 0 Å². The lowest BCUT2D eigenvalue weighted by Crippen LogP contribution is -2.56. The van der Waals surface area contributed by atoms with Crippen molar-refractivity contribution in [2.24, 2.45) is 11.3 Å². The molecule has 0 saturated heterocycles. The van der Waals surface area contributed by atoms with Crippen LogP contribution < -0.4 is 5.32 Å². The molecule has 0 aromatic rings. The lowest BCUT2D eigenvalue weighted by atomic mass is 9.76. The highest BCUT2D eigenvalue weighted by molar-refractivity contribution is 4.98. The fraction of sp³-hybridized carbons (Fsp3) is 1.00. The summed E-state index contributed by atoms with van der Waals surface area (Å²) in [5.41, 5.74) is -1.55. The summed E-state index contributed by atoms with van der Waals surface area (Å²) >= 11 is 0. The number of halogens is 3. The van der Waals surface area contributed by atoms with E-state index in [1.807, 2.05) is 6.92 Å². The van der Waals surface area contributed by atoms with Crippen molar-refractivity contribution in [3.63, 3.8) is 0 Å². The molecule has 0 heterocycles. The Hall–Kier alpha value is -0.250. The van der Waals surface area contributed by atoms with Crippen molar-refractivity contribution in [1.29, 1.82) is 0 Å². The summed E-state index contributed by atoms with van der Waals surface area (Å²) in [7, 11) is 0. The summed E-state index contributed by atoms with van der Waals surface area (Å²) in [6, 6.07) is 0. The van der Waals surface area contributed by atoms with Crippen LogP contribution in [-0.2, 0) is 0 Å². The van der Waals surface area contributed by atoms with Crippen molar-refractivity contribution in [1.82, 2.24) is 5.32 Å². The van der Waals surface area contributed by atoms with E-state index < -0.39 is 11.7 Å². The fourth-order valence-corrected chi connectivity index (χ4v) is 3.13. The number of alkyl halides is 3. The van der Waals surface area contributed by atoms with Gasteiger partial charge in [0.2, 0.25) is 0 Å². The second kappa shape index (κ2) is 6.02. The summed E-state index contributed by atoms with van der Waals surface area (Å²) in [4.78, 5) is 0. The van der Waals surface area contributed by atoms with Crippen molar-refractivity contribution in [3.8, 4) is 0 Å². The molecule has 1 aliphatic carbocycles. The molecule has 0 aliphatic heterocycles. The standard InChI is InChI=1S/C15H28F3N/c1-5-11-19-14(15(16,17)18)9-6-7-12(8-10-14)13(2,3)4/h12,19H,5-11H2,1-4H3.